The number of hydrogen-bond donors (Lipinski definition) is 1. The summed E-state index contributed by atoms with van der Waals surface area (Å²) in [4.78, 5) is 33.9. The number of alkyl halides is 1. The average Bonchev–Trinajstić information content (AvgIpc) is 3.35. The molecule has 1 aliphatic heterocycles. The predicted octanol–water partition coefficient (Wildman–Crippen LogP) is 18.4. The number of halogens is 1. The van der Waals surface area contributed by atoms with Crippen molar-refractivity contribution >= 4 is 11.8 Å². The van der Waals surface area contributed by atoms with E-state index in [2.05, 4.69) is 42.4 Å². The summed E-state index contributed by atoms with van der Waals surface area (Å²) in [6, 6.07) is 0. The lowest BCUT2D eigenvalue weighted by Gasteiger charge is -2.54. The molecule has 1 heterocycles. The molecule has 0 radical (unpaired) electrons. The first kappa shape index (κ1) is 65.8. The first-order valence-corrected chi connectivity index (χ1v) is 31.4. The van der Waals surface area contributed by atoms with Crippen molar-refractivity contribution in [3.63, 3.8) is 0 Å². The lowest BCUT2D eigenvalue weighted by molar-refractivity contribution is -0.132. The van der Waals surface area contributed by atoms with Crippen LogP contribution < -0.4 is 0 Å². The normalized spacial score (nSPS) is 15.4. The van der Waals surface area contributed by atoms with Crippen LogP contribution in [0.4, 0.5) is 4.39 Å². The summed E-state index contributed by atoms with van der Waals surface area (Å²) >= 11 is 0. The third-order valence-electron chi connectivity index (χ3n) is 16.0. The van der Waals surface area contributed by atoms with Crippen LogP contribution in [0.25, 0.3) is 0 Å². The number of nitrogens with zero attached hydrogens (tertiary/aromatic N) is 3. The molecule has 0 aromatic carbocycles. The Labute approximate surface area is 431 Å². The molecule has 1 rings (SSSR count). The molecule has 1 aliphatic rings. The molecule has 0 bridgehead atoms. The number of carbonyl (C=O) groups is 2. The van der Waals surface area contributed by atoms with E-state index in [1.165, 1.54) is 180 Å². The maximum atomic E-state index is 14.8. The molecule has 6 nitrogen and oxygen atoms in total. The summed E-state index contributed by atoms with van der Waals surface area (Å²) in [5.41, 5.74) is -0.108. The van der Waals surface area contributed by atoms with E-state index >= 15 is 0 Å². The second-order valence-electron chi connectivity index (χ2n) is 22.4. The van der Waals surface area contributed by atoms with E-state index < -0.39 is 6.17 Å². The second kappa shape index (κ2) is 49.0. The van der Waals surface area contributed by atoms with E-state index in [0.29, 0.717) is 31.1 Å². The molecular formula is C62H122FN3O3. The zero-order valence-corrected chi connectivity index (χ0v) is 47.2. The number of aliphatic hydroxyl groups excluding tert-OH is 1. The van der Waals surface area contributed by atoms with Gasteiger partial charge in [-0.15, -0.1) is 0 Å². The van der Waals surface area contributed by atoms with Gasteiger partial charge in [0.2, 0.25) is 11.8 Å². The van der Waals surface area contributed by atoms with Gasteiger partial charge in [0.15, 0.2) is 0 Å². The Balaban J connectivity index is 2.45. The van der Waals surface area contributed by atoms with E-state index in [1.54, 1.807) is 0 Å². The van der Waals surface area contributed by atoms with Gasteiger partial charge in [-0.25, -0.2) is 4.39 Å². The lowest BCUT2D eigenvalue weighted by atomic mass is 9.75. The van der Waals surface area contributed by atoms with Crippen LogP contribution >= 0.6 is 0 Å². The van der Waals surface area contributed by atoms with Crippen molar-refractivity contribution in [2.24, 2.45) is 0 Å². The Hall–Kier alpha value is -1.21. The van der Waals surface area contributed by atoms with Crippen LogP contribution in [0.3, 0.4) is 0 Å². The van der Waals surface area contributed by atoms with Gasteiger partial charge < -0.3 is 14.9 Å². The Morgan fingerprint density at radius 3 is 1.03 bits per heavy atom. The lowest BCUT2D eigenvalue weighted by Crippen LogP contribution is -2.61. The number of amides is 2. The molecule has 7 heteroatoms. The molecule has 410 valence electrons. The quantitative estimate of drug-likeness (QED) is 0.0617. The maximum Gasteiger partial charge on any atom is 0.222 e. The van der Waals surface area contributed by atoms with E-state index in [1.807, 2.05) is 0 Å². The molecular weight excluding hydrogens is 854 g/mol. The van der Waals surface area contributed by atoms with Crippen LogP contribution in [0.1, 0.15) is 329 Å². The minimum atomic E-state index is -1.15. The Morgan fingerprint density at radius 1 is 0.435 bits per heavy atom. The first-order chi connectivity index (χ1) is 33.9. The summed E-state index contributed by atoms with van der Waals surface area (Å²) in [7, 11) is 0. The van der Waals surface area contributed by atoms with Crippen LogP contribution in [0, 0.1) is 0 Å². The summed E-state index contributed by atoms with van der Waals surface area (Å²) in [6.07, 6.45) is 55.4. The Morgan fingerprint density at radius 2 is 0.725 bits per heavy atom. The number of unbranched alkanes of at least 4 members (excludes halogenated alkanes) is 36. The molecule has 1 saturated heterocycles. The summed E-state index contributed by atoms with van der Waals surface area (Å²) in [5, 5.41) is 9.69. The Kier molecular flexibility index (Phi) is 46.8. The second-order valence-corrected chi connectivity index (χ2v) is 22.4. The van der Waals surface area contributed by atoms with E-state index in [0.717, 1.165) is 142 Å². The molecule has 69 heavy (non-hydrogen) atoms. The van der Waals surface area contributed by atoms with Gasteiger partial charge in [-0.1, -0.05) is 252 Å². The molecule has 0 spiro atoms. The SMILES string of the molecule is CCCCCCCCCCN(CCCCCCCCCC)C(=O)CCCCCCCN1CCC1(CCCCCCCC(=O)N(CCCCCCCCCC)CCCCCCCCCC)CC(F)CO. The zero-order valence-electron chi connectivity index (χ0n) is 47.2. The van der Waals surface area contributed by atoms with Crippen molar-refractivity contribution in [1.82, 2.24) is 14.7 Å². The summed E-state index contributed by atoms with van der Waals surface area (Å²) in [5.74, 6) is 0.751. The molecule has 0 aromatic rings. The van der Waals surface area contributed by atoms with Gasteiger partial charge in [0.05, 0.1) is 6.61 Å². The van der Waals surface area contributed by atoms with Gasteiger partial charge in [0.1, 0.15) is 6.17 Å². The monoisotopic (exact) mass is 976 g/mol. The van der Waals surface area contributed by atoms with Crippen LogP contribution in [0.2, 0.25) is 0 Å². The van der Waals surface area contributed by atoms with Crippen LogP contribution in [-0.2, 0) is 9.59 Å². The minimum absolute atomic E-state index is 0.108. The fourth-order valence-corrected chi connectivity index (χ4v) is 11.2. The largest absolute Gasteiger partial charge is 0.393 e. The molecule has 0 saturated carbocycles. The van der Waals surface area contributed by atoms with Gasteiger partial charge in [-0.05, 0) is 70.8 Å². The van der Waals surface area contributed by atoms with Crippen molar-refractivity contribution in [2.45, 2.75) is 341 Å². The van der Waals surface area contributed by atoms with Gasteiger partial charge in [-0.2, -0.15) is 0 Å². The molecule has 0 aliphatic carbocycles. The summed E-state index contributed by atoms with van der Waals surface area (Å²) in [6.45, 7) is 14.5. The highest BCUT2D eigenvalue weighted by atomic mass is 19.1. The van der Waals surface area contributed by atoms with Gasteiger partial charge in [-0.3, -0.25) is 14.5 Å². The number of aliphatic hydroxyl groups is 1. The molecule has 0 aromatic heterocycles. The zero-order chi connectivity index (χ0) is 50.1. The van der Waals surface area contributed by atoms with E-state index in [4.69, 9.17) is 0 Å². The number of likely N-dealkylation sites (tertiary alicyclic amines) is 1. The van der Waals surface area contributed by atoms with E-state index in [9.17, 15) is 19.1 Å². The highest BCUT2D eigenvalue weighted by molar-refractivity contribution is 5.76. The molecule has 1 fully saturated rings. The average molecular weight is 977 g/mol. The van der Waals surface area contributed by atoms with E-state index in [-0.39, 0.29) is 12.1 Å². The number of hydrogen-bond acceptors (Lipinski definition) is 4. The molecule has 1 N–H and O–H groups in total. The Bertz CT molecular complexity index is 1070. The molecule has 2 amide bonds. The van der Waals surface area contributed by atoms with Gasteiger partial charge in [0.25, 0.3) is 0 Å². The van der Waals surface area contributed by atoms with Gasteiger partial charge >= 0.3 is 0 Å². The molecule has 2 atom stereocenters. The topological polar surface area (TPSA) is 64.1 Å². The number of carbonyl (C=O) groups excluding carboxylic acids is 2. The van der Waals surface area contributed by atoms with Crippen molar-refractivity contribution in [3.8, 4) is 0 Å². The van der Waals surface area contributed by atoms with Crippen LogP contribution in [0.5, 0.6) is 0 Å². The molecule has 2 unspecified atom stereocenters. The number of rotatable bonds is 55. The van der Waals surface area contributed by atoms with Gasteiger partial charge in [0, 0.05) is 51.1 Å². The standard InChI is InChI=1S/C62H122FN3O3/c1-5-9-13-17-21-25-34-42-51-64(52-43-35-26-22-18-14-10-6-2)60(68)47-39-31-29-33-41-49-62(57-59(63)58-67)50-56-66(62)55-46-38-30-32-40-48-61(69)65(53-44-36-27-23-19-15-11-7-3)54-45-37-28-24-20-16-12-8-4/h59,67H,5-58H2,1-4H3. The first-order valence-electron chi connectivity index (χ1n) is 31.4. The fourth-order valence-electron chi connectivity index (χ4n) is 11.2. The van der Waals surface area contributed by atoms with Crippen molar-refractivity contribution in [1.29, 1.82) is 0 Å². The maximum absolute atomic E-state index is 14.8. The highest BCUT2D eigenvalue weighted by Crippen LogP contribution is 2.40. The smallest absolute Gasteiger partial charge is 0.222 e. The van der Waals surface area contributed by atoms with Crippen LogP contribution in [0.15, 0.2) is 0 Å². The van der Waals surface area contributed by atoms with Crippen molar-refractivity contribution in [3.05, 3.63) is 0 Å². The fraction of sp³-hybridized carbons (Fsp3) is 0.968. The third kappa shape index (κ3) is 37.2. The van der Waals surface area contributed by atoms with Crippen LogP contribution in [-0.4, -0.2) is 89.2 Å². The predicted molar refractivity (Wildman–Crippen MR) is 299 cm³/mol. The van der Waals surface area contributed by atoms with Crippen molar-refractivity contribution < 1.29 is 19.1 Å². The summed E-state index contributed by atoms with van der Waals surface area (Å²) < 4.78 is 14.8. The highest BCUT2D eigenvalue weighted by Gasteiger charge is 2.44. The van der Waals surface area contributed by atoms with Crippen molar-refractivity contribution in [2.75, 3.05) is 45.9 Å². The minimum Gasteiger partial charge on any atom is -0.393 e. The third-order valence-corrected chi connectivity index (χ3v) is 16.0.